The Bertz CT molecular complexity index is 348. The first-order chi connectivity index (χ1) is 6.07. The van der Waals surface area contributed by atoms with Gasteiger partial charge in [0.25, 0.3) is 0 Å². The first-order valence-corrected chi connectivity index (χ1v) is 3.36. The number of hydrogen-bond acceptors (Lipinski definition) is 4. The van der Waals surface area contributed by atoms with Crippen LogP contribution < -0.4 is 0 Å². The summed E-state index contributed by atoms with van der Waals surface area (Å²) in [6.07, 6.45) is 0. The molecule has 0 aliphatic rings. The zero-order valence-electron chi connectivity index (χ0n) is 6.74. The number of aromatic hydroxyl groups is 2. The van der Waals surface area contributed by atoms with Gasteiger partial charge in [-0.25, -0.2) is 9.18 Å². The monoisotopic (exact) mass is 186 g/mol. The fraction of sp³-hybridized carbons (Fsp3) is 0.125. The molecule has 0 aromatic heterocycles. The second-order valence-corrected chi connectivity index (χ2v) is 2.28. The van der Waals surface area contributed by atoms with Crippen molar-refractivity contribution in [1.82, 2.24) is 0 Å². The number of rotatable bonds is 1. The Labute approximate surface area is 73.2 Å². The summed E-state index contributed by atoms with van der Waals surface area (Å²) in [5.74, 6) is -3.60. The van der Waals surface area contributed by atoms with Crippen molar-refractivity contribution >= 4 is 5.97 Å². The van der Waals surface area contributed by atoms with Crippen LogP contribution >= 0.6 is 0 Å². The zero-order chi connectivity index (χ0) is 10.0. The van der Waals surface area contributed by atoms with Crippen LogP contribution in [0.2, 0.25) is 0 Å². The smallest absolute Gasteiger partial charge is 0.341 e. The molecule has 0 heterocycles. The molecule has 0 bridgehead atoms. The zero-order valence-corrected chi connectivity index (χ0v) is 6.74. The van der Waals surface area contributed by atoms with Gasteiger partial charge in [-0.05, 0) is 12.1 Å². The van der Waals surface area contributed by atoms with Crippen LogP contribution in [0.15, 0.2) is 12.1 Å². The van der Waals surface area contributed by atoms with E-state index in [1.165, 1.54) is 0 Å². The van der Waals surface area contributed by atoms with Crippen LogP contribution in [0.25, 0.3) is 0 Å². The van der Waals surface area contributed by atoms with Crippen LogP contribution in [0.5, 0.6) is 11.5 Å². The minimum Gasteiger partial charge on any atom is -0.504 e. The third-order valence-electron chi connectivity index (χ3n) is 1.51. The van der Waals surface area contributed by atoms with E-state index in [1.807, 2.05) is 0 Å². The second kappa shape index (κ2) is 3.30. The van der Waals surface area contributed by atoms with Crippen LogP contribution in [0, 0.1) is 5.82 Å². The molecule has 0 saturated heterocycles. The number of methoxy groups -OCH3 is 1. The maximum Gasteiger partial charge on any atom is 0.341 e. The van der Waals surface area contributed by atoms with Crippen molar-refractivity contribution in [2.45, 2.75) is 0 Å². The Hall–Kier alpha value is -1.78. The second-order valence-electron chi connectivity index (χ2n) is 2.28. The quantitative estimate of drug-likeness (QED) is 0.507. The van der Waals surface area contributed by atoms with Gasteiger partial charge in [0.05, 0.1) is 7.11 Å². The van der Waals surface area contributed by atoms with Crippen LogP contribution in [0.4, 0.5) is 4.39 Å². The predicted octanol–water partition coefficient (Wildman–Crippen LogP) is 1.02. The Morgan fingerprint density at radius 1 is 1.38 bits per heavy atom. The highest BCUT2D eigenvalue weighted by molar-refractivity contribution is 5.93. The number of ether oxygens (including phenoxy) is 1. The molecule has 5 heteroatoms. The molecule has 0 aliphatic carbocycles. The van der Waals surface area contributed by atoms with E-state index >= 15 is 0 Å². The molecule has 1 aromatic rings. The summed E-state index contributed by atoms with van der Waals surface area (Å²) in [4.78, 5) is 10.9. The van der Waals surface area contributed by atoms with Gasteiger partial charge in [0.2, 0.25) is 0 Å². The minimum absolute atomic E-state index is 0.276. The van der Waals surface area contributed by atoms with Crippen LogP contribution in [0.3, 0.4) is 0 Å². The fourth-order valence-corrected chi connectivity index (χ4v) is 0.830. The lowest BCUT2D eigenvalue weighted by molar-refractivity contribution is 0.0596. The lowest BCUT2D eigenvalue weighted by atomic mass is 10.2. The average Bonchev–Trinajstić information content (AvgIpc) is 2.13. The third-order valence-corrected chi connectivity index (χ3v) is 1.51. The molecule has 0 spiro atoms. The molecule has 1 rings (SSSR count). The number of phenolic OH excluding ortho intramolecular Hbond substituents is 2. The SMILES string of the molecule is COC(=O)c1ccc(F)c(O)c1O. The van der Waals surface area contributed by atoms with Crippen molar-refractivity contribution in [3.05, 3.63) is 23.5 Å². The van der Waals surface area contributed by atoms with Gasteiger partial charge in [-0.15, -0.1) is 0 Å². The molecule has 0 radical (unpaired) electrons. The highest BCUT2D eigenvalue weighted by Crippen LogP contribution is 2.31. The maximum absolute atomic E-state index is 12.6. The summed E-state index contributed by atoms with van der Waals surface area (Å²) >= 11 is 0. The number of carbonyl (C=O) groups excluding carboxylic acids is 1. The molecule has 0 fully saturated rings. The van der Waals surface area contributed by atoms with Gasteiger partial charge < -0.3 is 14.9 Å². The lowest BCUT2D eigenvalue weighted by Gasteiger charge is -2.04. The van der Waals surface area contributed by atoms with Gasteiger partial charge in [-0.1, -0.05) is 0 Å². The van der Waals surface area contributed by atoms with E-state index in [9.17, 15) is 9.18 Å². The van der Waals surface area contributed by atoms with Gasteiger partial charge in [-0.3, -0.25) is 0 Å². The molecular formula is C8H7FO4. The third kappa shape index (κ3) is 1.53. The molecule has 4 nitrogen and oxygen atoms in total. The number of phenols is 2. The summed E-state index contributed by atoms with van der Waals surface area (Å²) < 4.78 is 16.8. The summed E-state index contributed by atoms with van der Waals surface area (Å²) in [6, 6.07) is 1.89. The molecule has 0 saturated carbocycles. The molecule has 0 aliphatic heterocycles. The van der Waals surface area contributed by atoms with Gasteiger partial charge in [0.1, 0.15) is 5.56 Å². The van der Waals surface area contributed by atoms with Crippen LogP contribution in [-0.2, 0) is 4.74 Å². The summed E-state index contributed by atoms with van der Waals surface area (Å²) in [5.41, 5.74) is -0.276. The van der Waals surface area contributed by atoms with E-state index in [1.54, 1.807) is 0 Å². The molecule has 0 unspecified atom stereocenters. The van der Waals surface area contributed by atoms with E-state index < -0.39 is 23.3 Å². The van der Waals surface area contributed by atoms with Crippen molar-refractivity contribution in [2.24, 2.45) is 0 Å². The predicted molar refractivity (Wildman–Crippen MR) is 41.1 cm³/mol. The number of esters is 1. The molecule has 70 valence electrons. The fourth-order valence-electron chi connectivity index (χ4n) is 0.830. The standard InChI is InChI=1S/C8H7FO4/c1-13-8(12)4-2-3-5(9)7(11)6(4)10/h2-3,10-11H,1H3. The van der Waals surface area contributed by atoms with Crippen molar-refractivity contribution < 1.29 is 24.1 Å². The number of carbonyl (C=O) groups is 1. The Balaban J connectivity index is 3.26. The van der Waals surface area contributed by atoms with Gasteiger partial charge in [0.15, 0.2) is 17.3 Å². The molecule has 13 heavy (non-hydrogen) atoms. The number of benzene rings is 1. The first-order valence-electron chi connectivity index (χ1n) is 3.36. The molecule has 1 aromatic carbocycles. The Morgan fingerprint density at radius 3 is 2.54 bits per heavy atom. The summed E-state index contributed by atoms with van der Waals surface area (Å²) in [7, 11) is 1.11. The Kier molecular flexibility index (Phi) is 2.36. The largest absolute Gasteiger partial charge is 0.504 e. The highest BCUT2D eigenvalue weighted by atomic mass is 19.1. The van der Waals surface area contributed by atoms with Gasteiger partial charge in [-0.2, -0.15) is 0 Å². The summed E-state index contributed by atoms with van der Waals surface area (Å²) in [5, 5.41) is 18.0. The minimum atomic E-state index is -0.995. The van der Waals surface area contributed by atoms with E-state index in [2.05, 4.69) is 4.74 Å². The van der Waals surface area contributed by atoms with Crippen LogP contribution in [-0.4, -0.2) is 23.3 Å². The van der Waals surface area contributed by atoms with Crippen molar-refractivity contribution in [1.29, 1.82) is 0 Å². The van der Waals surface area contributed by atoms with E-state index in [4.69, 9.17) is 10.2 Å². The lowest BCUT2D eigenvalue weighted by Crippen LogP contribution is -2.01. The van der Waals surface area contributed by atoms with Gasteiger partial charge in [0, 0.05) is 0 Å². The molecule has 0 atom stereocenters. The number of hydrogen-bond donors (Lipinski definition) is 2. The average molecular weight is 186 g/mol. The van der Waals surface area contributed by atoms with Crippen LogP contribution in [0.1, 0.15) is 10.4 Å². The van der Waals surface area contributed by atoms with Crippen molar-refractivity contribution in [3.8, 4) is 11.5 Å². The van der Waals surface area contributed by atoms with E-state index in [-0.39, 0.29) is 5.56 Å². The van der Waals surface area contributed by atoms with E-state index in [0.717, 1.165) is 19.2 Å². The maximum atomic E-state index is 12.6. The molecule has 0 amide bonds. The topological polar surface area (TPSA) is 66.8 Å². The summed E-state index contributed by atoms with van der Waals surface area (Å²) in [6.45, 7) is 0. The molecule has 2 N–H and O–H groups in total. The normalized spacial score (nSPS) is 9.69. The highest BCUT2D eigenvalue weighted by Gasteiger charge is 2.17. The van der Waals surface area contributed by atoms with Gasteiger partial charge >= 0.3 is 5.97 Å². The van der Waals surface area contributed by atoms with Crippen molar-refractivity contribution in [2.75, 3.05) is 7.11 Å². The van der Waals surface area contributed by atoms with Crippen molar-refractivity contribution in [3.63, 3.8) is 0 Å². The van der Waals surface area contributed by atoms with E-state index in [0.29, 0.717) is 0 Å². The first kappa shape index (κ1) is 9.31. The Morgan fingerprint density at radius 2 is 2.00 bits per heavy atom. The molecular weight excluding hydrogens is 179 g/mol. The number of halogens is 1.